The highest BCUT2D eigenvalue weighted by atomic mass is 16.7. The first-order valence-corrected chi connectivity index (χ1v) is 6.97. The highest BCUT2D eigenvalue weighted by Crippen LogP contribution is 2.15. The molecule has 2 N–H and O–H groups in total. The molecule has 0 aliphatic carbocycles. The Balaban J connectivity index is 2.10. The normalized spacial score (nSPS) is 10.4. The summed E-state index contributed by atoms with van der Waals surface area (Å²) in [6.45, 7) is 2.84. The standard InChI is InChI=1S/C15H23NO3/c1-2-3-4-5-6-9-12-16-19-15(18)13-10-7-8-11-14(13)17/h7-8,10-11,16-17H,2-6,9,12H2,1H3. The number of carbonyl (C=O) groups is 1. The minimum Gasteiger partial charge on any atom is -0.507 e. The summed E-state index contributed by atoms with van der Waals surface area (Å²) in [5.41, 5.74) is 2.82. The summed E-state index contributed by atoms with van der Waals surface area (Å²) in [6.07, 6.45) is 7.15. The molecule has 4 nitrogen and oxygen atoms in total. The van der Waals surface area contributed by atoms with Crippen molar-refractivity contribution in [1.29, 1.82) is 0 Å². The minimum atomic E-state index is -0.552. The van der Waals surface area contributed by atoms with E-state index in [1.807, 2.05) is 0 Å². The van der Waals surface area contributed by atoms with Crippen LogP contribution in [-0.4, -0.2) is 17.6 Å². The molecule has 0 aliphatic rings. The Morgan fingerprint density at radius 2 is 1.84 bits per heavy atom. The van der Waals surface area contributed by atoms with Crippen LogP contribution < -0.4 is 5.48 Å². The van der Waals surface area contributed by atoms with Crippen LogP contribution in [0.1, 0.15) is 55.8 Å². The quantitative estimate of drug-likeness (QED) is 0.530. The molecule has 0 radical (unpaired) electrons. The fraction of sp³-hybridized carbons (Fsp3) is 0.533. The predicted octanol–water partition coefficient (Wildman–Crippen LogP) is 3.41. The zero-order valence-corrected chi connectivity index (χ0v) is 11.5. The third-order valence-corrected chi connectivity index (χ3v) is 2.92. The van der Waals surface area contributed by atoms with Crippen molar-refractivity contribution in [2.75, 3.05) is 6.54 Å². The van der Waals surface area contributed by atoms with E-state index in [1.54, 1.807) is 12.1 Å². The molecule has 0 unspecified atom stereocenters. The number of rotatable bonds is 9. The molecular weight excluding hydrogens is 242 g/mol. The van der Waals surface area contributed by atoms with Gasteiger partial charge in [-0.2, -0.15) is 5.48 Å². The summed E-state index contributed by atoms with van der Waals surface area (Å²) in [5.74, 6) is -0.613. The van der Waals surface area contributed by atoms with Gasteiger partial charge in [0.2, 0.25) is 0 Å². The Morgan fingerprint density at radius 1 is 1.16 bits per heavy atom. The number of hydroxylamine groups is 1. The molecule has 0 aromatic heterocycles. The van der Waals surface area contributed by atoms with E-state index in [-0.39, 0.29) is 11.3 Å². The van der Waals surface area contributed by atoms with Gasteiger partial charge in [0, 0.05) is 6.54 Å². The van der Waals surface area contributed by atoms with Gasteiger partial charge in [-0.05, 0) is 18.6 Å². The molecule has 1 rings (SSSR count). The summed E-state index contributed by atoms with van der Waals surface area (Å²) in [6, 6.07) is 6.34. The van der Waals surface area contributed by atoms with Crippen molar-refractivity contribution in [3.8, 4) is 5.75 Å². The summed E-state index contributed by atoms with van der Waals surface area (Å²) in [7, 11) is 0. The maximum atomic E-state index is 11.6. The first-order valence-electron chi connectivity index (χ1n) is 6.97. The third-order valence-electron chi connectivity index (χ3n) is 2.92. The highest BCUT2D eigenvalue weighted by molar-refractivity contribution is 5.92. The second kappa shape index (κ2) is 9.39. The van der Waals surface area contributed by atoms with E-state index in [4.69, 9.17) is 4.84 Å². The molecule has 0 bridgehead atoms. The number of hydrogen-bond donors (Lipinski definition) is 2. The van der Waals surface area contributed by atoms with Gasteiger partial charge in [0.1, 0.15) is 11.3 Å². The number of nitrogens with one attached hydrogen (secondary N) is 1. The van der Waals surface area contributed by atoms with Gasteiger partial charge < -0.3 is 9.94 Å². The Bertz CT molecular complexity index is 379. The van der Waals surface area contributed by atoms with E-state index < -0.39 is 5.97 Å². The lowest BCUT2D eigenvalue weighted by Crippen LogP contribution is -2.21. The molecule has 0 amide bonds. The molecule has 19 heavy (non-hydrogen) atoms. The predicted molar refractivity (Wildman–Crippen MR) is 74.9 cm³/mol. The molecule has 0 fully saturated rings. The summed E-state index contributed by atoms with van der Waals surface area (Å²) in [5, 5.41) is 9.48. The van der Waals surface area contributed by atoms with E-state index in [0.717, 1.165) is 12.8 Å². The Hall–Kier alpha value is -1.55. The molecule has 1 aromatic carbocycles. The van der Waals surface area contributed by atoms with E-state index in [1.165, 1.54) is 37.8 Å². The Morgan fingerprint density at radius 3 is 2.58 bits per heavy atom. The number of para-hydroxylation sites is 1. The number of unbranched alkanes of at least 4 members (excludes halogenated alkanes) is 5. The molecule has 1 aromatic rings. The molecule has 0 saturated carbocycles. The number of benzene rings is 1. The molecule has 0 heterocycles. The summed E-state index contributed by atoms with van der Waals surface area (Å²) in [4.78, 5) is 16.5. The lowest BCUT2D eigenvalue weighted by atomic mass is 10.1. The van der Waals surface area contributed by atoms with Crippen LogP contribution in [0.15, 0.2) is 24.3 Å². The molecule has 0 spiro atoms. The van der Waals surface area contributed by atoms with Crippen molar-refractivity contribution < 1.29 is 14.7 Å². The first-order chi connectivity index (χ1) is 9.25. The number of aromatic hydroxyl groups is 1. The lowest BCUT2D eigenvalue weighted by molar-refractivity contribution is 0.0248. The molecule has 0 aliphatic heterocycles. The molecule has 4 heteroatoms. The SMILES string of the molecule is CCCCCCCCNOC(=O)c1ccccc1O. The van der Waals surface area contributed by atoms with Gasteiger partial charge in [-0.15, -0.1) is 0 Å². The molecule has 106 valence electrons. The van der Waals surface area contributed by atoms with Crippen molar-refractivity contribution in [2.24, 2.45) is 0 Å². The number of phenols is 1. The van der Waals surface area contributed by atoms with Gasteiger partial charge in [-0.25, -0.2) is 4.79 Å². The second-order valence-corrected chi connectivity index (χ2v) is 4.57. The number of carbonyl (C=O) groups excluding carboxylic acids is 1. The monoisotopic (exact) mass is 265 g/mol. The fourth-order valence-corrected chi connectivity index (χ4v) is 1.80. The third kappa shape index (κ3) is 6.25. The van der Waals surface area contributed by atoms with Crippen molar-refractivity contribution in [3.05, 3.63) is 29.8 Å². The molecule has 0 atom stereocenters. The lowest BCUT2D eigenvalue weighted by Gasteiger charge is -2.06. The van der Waals surface area contributed by atoms with Crippen molar-refractivity contribution in [2.45, 2.75) is 45.4 Å². The van der Waals surface area contributed by atoms with Crippen molar-refractivity contribution in [1.82, 2.24) is 5.48 Å². The topological polar surface area (TPSA) is 58.6 Å². The van der Waals surface area contributed by atoms with Gasteiger partial charge in [0.05, 0.1) is 0 Å². The van der Waals surface area contributed by atoms with Crippen molar-refractivity contribution in [3.63, 3.8) is 0 Å². The Labute approximate surface area is 114 Å². The maximum absolute atomic E-state index is 11.6. The van der Waals surface area contributed by atoms with Crippen LogP contribution in [0.3, 0.4) is 0 Å². The van der Waals surface area contributed by atoms with Gasteiger partial charge >= 0.3 is 5.97 Å². The largest absolute Gasteiger partial charge is 0.507 e. The van der Waals surface area contributed by atoms with Crippen LogP contribution in [-0.2, 0) is 4.84 Å². The van der Waals surface area contributed by atoms with Crippen LogP contribution in [0.2, 0.25) is 0 Å². The smallest absolute Gasteiger partial charge is 0.360 e. The van der Waals surface area contributed by atoms with Gasteiger partial charge in [-0.3, -0.25) is 0 Å². The van der Waals surface area contributed by atoms with E-state index >= 15 is 0 Å². The second-order valence-electron chi connectivity index (χ2n) is 4.57. The zero-order chi connectivity index (χ0) is 13.9. The van der Waals surface area contributed by atoms with Crippen LogP contribution in [0.25, 0.3) is 0 Å². The average molecular weight is 265 g/mol. The van der Waals surface area contributed by atoms with Gasteiger partial charge in [-0.1, -0.05) is 51.2 Å². The van der Waals surface area contributed by atoms with E-state index in [0.29, 0.717) is 6.54 Å². The average Bonchev–Trinajstić information content (AvgIpc) is 2.42. The van der Waals surface area contributed by atoms with Gasteiger partial charge in [0.25, 0.3) is 0 Å². The van der Waals surface area contributed by atoms with E-state index in [9.17, 15) is 9.90 Å². The Kier molecular flexibility index (Phi) is 7.66. The highest BCUT2D eigenvalue weighted by Gasteiger charge is 2.11. The van der Waals surface area contributed by atoms with Crippen molar-refractivity contribution >= 4 is 5.97 Å². The maximum Gasteiger partial charge on any atom is 0.360 e. The molecular formula is C15H23NO3. The van der Waals surface area contributed by atoms with Gasteiger partial charge in [0.15, 0.2) is 0 Å². The number of phenolic OH excluding ortho intramolecular Hbond substituents is 1. The molecule has 0 saturated heterocycles. The van der Waals surface area contributed by atoms with E-state index in [2.05, 4.69) is 12.4 Å². The number of hydrogen-bond acceptors (Lipinski definition) is 4. The van der Waals surface area contributed by atoms with Crippen LogP contribution >= 0.6 is 0 Å². The van der Waals surface area contributed by atoms with Crippen LogP contribution in [0.5, 0.6) is 5.75 Å². The minimum absolute atomic E-state index is 0.0612. The fourth-order valence-electron chi connectivity index (χ4n) is 1.80. The summed E-state index contributed by atoms with van der Waals surface area (Å²) >= 11 is 0. The first kappa shape index (κ1) is 15.5. The van der Waals surface area contributed by atoms with Crippen LogP contribution in [0.4, 0.5) is 0 Å². The zero-order valence-electron chi connectivity index (χ0n) is 11.5. The summed E-state index contributed by atoms with van der Waals surface area (Å²) < 4.78 is 0. The van der Waals surface area contributed by atoms with Crippen LogP contribution in [0, 0.1) is 0 Å².